The number of fused-ring (bicyclic) bond motifs is 2. The van der Waals surface area contributed by atoms with Crippen LogP contribution in [0.1, 0.15) is 18.4 Å². The van der Waals surface area contributed by atoms with Crippen LogP contribution in [0.15, 0.2) is 12.4 Å². The smallest absolute Gasteiger partial charge is 0.338 e. The number of piperazine rings is 1. The van der Waals surface area contributed by atoms with E-state index in [2.05, 4.69) is 15.3 Å². The van der Waals surface area contributed by atoms with Gasteiger partial charge in [0.25, 0.3) is 0 Å². The first-order chi connectivity index (χ1) is 8.52. The Morgan fingerprint density at radius 3 is 2.11 bits per heavy atom. The second kappa shape index (κ2) is 5.13. The summed E-state index contributed by atoms with van der Waals surface area (Å²) in [6.45, 7) is 1.53. The summed E-state index contributed by atoms with van der Waals surface area (Å²) in [6, 6.07) is 0.823. The third-order valence-electron chi connectivity index (χ3n) is 3.46. The highest BCUT2D eigenvalue weighted by Crippen LogP contribution is 2.29. The molecule has 2 bridgehead atoms. The molecule has 1 N–H and O–H groups in total. The third kappa shape index (κ3) is 2.92. The molecule has 106 valence electrons. The van der Waals surface area contributed by atoms with E-state index >= 15 is 0 Å². The van der Waals surface area contributed by atoms with Crippen LogP contribution in [0, 0.1) is 0 Å². The van der Waals surface area contributed by atoms with Gasteiger partial charge in [0.2, 0.25) is 5.95 Å². The van der Waals surface area contributed by atoms with Crippen molar-refractivity contribution in [1.29, 1.82) is 0 Å². The molecule has 8 heteroatoms. The molecule has 2 atom stereocenters. The van der Waals surface area contributed by atoms with E-state index in [1.807, 2.05) is 4.90 Å². The van der Waals surface area contributed by atoms with E-state index in [0.717, 1.165) is 38.3 Å². The normalized spacial score (nSPS) is 26.2. The van der Waals surface area contributed by atoms with E-state index in [1.54, 1.807) is 0 Å². The van der Waals surface area contributed by atoms with Crippen LogP contribution in [0.25, 0.3) is 0 Å². The highest BCUT2D eigenvalue weighted by molar-refractivity contribution is 5.85. The summed E-state index contributed by atoms with van der Waals surface area (Å²) < 4.78 is 37.2. The fourth-order valence-electron chi connectivity index (χ4n) is 2.59. The van der Waals surface area contributed by atoms with Crippen molar-refractivity contribution < 1.29 is 13.2 Å². The summed E-state index contributed by atoms with van der Waals surface area (Å²) in [4.78, 5) is 9.62. The molecule has 3 heterocycles. The Balaban J connectivity index is 0.00000133. The number of nitrogens with one attached hydrogen (secondary N) is 1. The van der Waals surface area contributed by atoms with Crippen molar-refractivity contribution in [2.24, 2.45) is 0 Å². The monoisotopic (exact) mass is 294 g/mol. The second-order valence-corrected chi connectivity index (χ2v) is 4.81. The Hall–Kier alpha value is -1.08. The van der Waals surface area contributed by atoms with Crippen molar-refractivity contribution in [3.05, 3.63) is 18.0 Å². The van der Waals surface area contributed by atoms with E-state index in [-0.39, 0.29) is 12.4 Å². The Bertz CT molecular complexity index is 425. The fourth-order valence-corrected chi connectivity index (χ4v) is 2.59. The molecule has 0 spiro atoms. The summed E-state index contributed by atoms with van der Waals surface area (Å²) in [5, 5.41) is 3.45. The number of hydrogen-bond donors (Lipinski definition) is 1. The predicted molar refractivity (Wildman–Crippen MR) is 66.4 cm³/mol. The molecular formula is C11H14ClF3N4. The van der Waals surface area contributed by atoms with Crippen molar-refractivity contribution in [3.8, 4) is 0 Å². The van der Waals surface area contributed by atoms with E-state index in [9.17, 15) is 13.2 Å². The molecule has 0 aliphatic carbocycles. The first-order valence-electron chi connectivity index (χ1n) is 5.92. The lowest BCUT2D eigenvalue weighted by Gasteiger charge is -2.32. The van der Waals surface area contributed by atoms with Gasteiger partial charge in [0.05, 0.1) is 5.56 Å². The standard InChI is InChI=1S/C11H13F3N4.ClH/c12-11(13,14)7-3-15-10(16-4-7)18-5-8-1-2-9(6-18)17-8;/h3-4,8-9,17H,1-2,5-6H2;1H. The average molecular weight is 295 g/mol. The molecule has 3 rings (SSSR count). The molecule has 0 aromatic carbocycles. The summed E-state index contributed by atoms with van der Waals surface area (Å²) in [7, 11) is 0. The van der Waals surface area contributed by atoms with Crippen LogP contribution in [0.5, 0.6) is 0 Å². The number of halogens is 4. The lowest BCUT2D eigenvalue weighted by atomic mass is 10.2. The lowest BCUT2D eigenvalue weighted by Crippen LogP contribution is -2.51. The Labute approximate surface area is 114 Å². The lowest BCUT2D eigenvalue weighted by molar-refractivity contribution is -0.138. The van der Waals surface area contributed by atoms with Crippen LogP contribution >= 0.6 is 12.4 Å². The highest BCUT2D eigenvalue weighted by Gasteiger charge is 2.34. The molecule has 2 unspecified atom stereocenters. The van der Waals surface area contributed by atoms with Gasteiger partial charge < -0.3 is 10.2 Å². The fraction of sp³-hybridized carbons (Fsp3) is 0.636. The number of aromatic nitrogens is 2. The molecule has 1 aromatic heterocycles. The van der Waals surface area contributed by atoms with Gasteiger partial charge in [0, 0.05) is 37.6 Å². The minimum Gasteiger partial charge on any atom is -0.338 e. The number of hydrogen-bond acceptors (Lipinski definition) is 4. The van der Waals surface area contributed by atoms with E-state index in [1.165, 1.54) is 0 Å². The Morgan fingerprint density at radius 2 is 1.63 bits per heavy atom. The number of anilines is 1. The number of rotatable bonds is 1. The third-order valence-corrected chi connectivity index (χ3v) is 3.46. The average Bonchev–Trinajstić information content (AvgIpc) is 2.67. The zero-order valence-corrected chi connectivity index (χ0v) is 10.8. The molecule has 19 heavy (non-hydrogen) atoms. The van der Waals surface area contributed by atoms with Gasteiger partial charge >= 0.3 is 6.18 Å². The molecular weight excluding hydrogens is 281 g/mol. The predicted octanol–water partition coefficient (Wildman–Crippen LogP) is 1.86. The van der Waals surface area contributed by atoms with E-state index in [4.69, 9.17) is 0 Å². The molecule has 2 aliphatic rings. The molecule has 0 radical (unpaired) electrons. The zero-order valence-electron chi connectivity index (χ0n) is 10.0. The molecule has 2 fully saturated rings. The van der Waals surface area contributed by atoms with Crippen LogP contribution in [0.4, 0.5) is 19.1 Å². The van der Waals surface area contributed by atoms with E-state index < -0.39 is 11.7 Å². The van der Waals surface area contributed by atoms with Crippen molar-refractivity contribution in [2.75, 3.05) is 18.0 Å². The summed E-state index contributed by atoms with van der Waals surface area (Å²) in [6.07, 6.45) is -0.441. The number of nitrogens with zero attached hydrogens (tertiary/aromatic N) is 3. The molecule has 1 aromatic rings. The second-order valence-electron chi connectivity index (χ2n) is 4.81. The maximum atomic E-state index is 12.4. The van der Waals surface area contributed by atoms with Crippen molar-refractivity contribution in [3.63, 3.8) is 0 Å². The van der Waals surface area contributed by atoms with Gasteiger partial charge in [-0.15, -0.1) is 12.4 Å². The van der Waals surface area contributed by atoms with Crippen molar-refractivity contribution >= 4 is 18.4 Å². The first-order valence-corrected chi connectivity index (χ1v) is 5.92. The Kier molecular flexibility index (Phi) is 3.87. The van der Waals surface area contributed by atoms with E-state index in [0.29, 0.717) is 18.0 Å². The molecule has 0 amide bonds. The summed E-state index contributed by atoms with van der Waals surface area (Å²) in [5.41, 5.74) is -0.802. The van der Waals surface area contributed by atoms with Crippen molar-refractivity contribution in [1.82, 2.24) is 15.3 Å². The minimum atomic E-state index is -4.37. The van der Waals surface area contributed by atoms with Crippen molar-refractivity contribution in [2.45, 2.75) is 31.1 Å². The quantitative estimate of drug-likeness (QED) is 0.858. The van der Waals surface area contributed by atoms with Gasteiger partial charge in [0.1, 0.15) is 0 Å². The highest BCUT2D eigenvalue weighted by atomic mass is 35.5. The van der Waals surface area contributed by atoms with Crippen LogP contribution in [0.3, 0.4) is 0 Å². The largest absolute Gasteiger partial charge is 0.419 e. The topological polar surface area (TPSA) is 41.1 Å². The van der Waals surface area contributed by atoms with Crippen LogP contribution < -0.4 is 10.2 Å². The van der Waals surface area contributed by atoms with Gasteiger partial charge in [-0.05, 0) is 12.8 Å². The van der Waals surface area contributed by atoms with Gasteiger partial charge in [-0.25, -0.2) is 9.97 Å². The summed E-state index contributed by atoms with van der Waals surface area (Å²) >= 11 is 0. The van der Waals surface area contributed by atoms with Gasteiger partial charge in [-0.2, -0.15) is 13.2 Å². The van der Waals surface area contributed by atoms with Gasteiger partial charge in [0.15, 0.2) is 0 Å². The molecule has 0 saturated carbocycles. The number of alkyl halides is 3. The summed E-state index contributed by atoms with van der Waals surface area (Å²) in [5.74, 6) is 0.390. The van der Waals surface area contributed by atoms with Crippen LogP contribution in [0.2, 0.25) is 0 Å². The molecule has 2 saturated heterocycles. The molecule has 4 nitrogen and oxygen atoms in total. The van der Waals surface area contributed by atoms with Gasteiger partial charge in [-0.3, -0.25) is 0 Å². The maximum absolute atomic E-state index is 12.4. The minimum absolute atomic E-state index is 0. The maximum Gasteiger partial charge on any atom is 0.419 e. The zero-order chi connectivity index (χ0) is 12.8. The first kappa shape index (κ1) is 14.3. The van der Waals surface area contributed by atoms with Crippen LogP contribution in [-0.4, -0.2) is 35.1 Å². The van der Waals surface area contributed by atoms with Crippen LogP contribution in [-0.2, 0) is 6.18 Å². The molecule has 2 aliphatic heterocycles. The van der Waals surface area contributed by atoms with Gasteiger partial charge in [-0.1, -0.05) is 0 Å². The SMILES string of the molecule is Cl.FC(F)(F)c1cnc(N2CC3CCC(C2)N3)nc1. The Morgan fingerprint density at radius 1 is 1.11 bits per heavy atom.